The summed E-state index contributed by atoms with van der Waals surface area (Å²) in [6.45, 7) is 1.42. The molecule has 8 heteroatoms. The van der Waals surface area contributed by atoms with E-state index in [0.29, 0.717) is 0 Å². The molecule has 0 saturated heterocycles. The number of amides is 2. The van der Waals surface area contributed by atoms with Crippen molar-refractivity contribution in [1.82, 2.24) is 10.6 Å². The maximum atomic E-state index is 12.4. The summed E-state index contributed by atoms with van der Waals surface area (Å²) in [5.74, 6) is -2.00. The molecule has 31 heavy (non-hydrogen) atoms. The van der Waals surface area contributed by atoms with Crippen LogP contribution in [0.2, 0.25) is 0 Å². The highest BCUT2D eigenvalue weighted by molar-refractivity contribution is 5.89. The molecule has 2 aromatic rings. The van der Waals surface area contributed by atoms with Crippen LogP contribution in [-0.2, 0) is 14.3 Å². The van der Waals surface area contributed by atoms with E-state index in [4.69, 9.17) is 14.9 Å². The lowest BCUT2D eigenvalue weighted by molar-refractivity contribution is -0.142. The van der Waals surface area contributed by atoms with Gasteiger partial charge in [-0.15, -0.1) is 0 Å². The zero-order valence-electron chi connectivity index (χ0n) is 17.2. The molecule has 2 atom stereocenters. The number of hydrogen-bond acceptors (Lipinski definition) is 5. The van der Waals surface area contributed by atoms with Gasteiger partial charge in [0.1, 0.15) is 18.7 Å². The van der Waals surface area contributed by atoms with E-state index >= 15 is 0 Å². The number of carboxylic acid groups (broad SMARTS) is 1. The fourth-order valence-electron chi connectivity index (χ4n) is 3.79. The number of benzene rings is 2. The predicted octanol–water partition coefficient (Wildman–Crippen LogP) is 2.26. The molecule has 2 amide bonds. The highest BCUT2D eigenvalue weighted by Crippen LogP contribution is 2.44. The summed E-state index contributed by atoms with van der Waals surface area (Å²) in [4.78, 5) is 35.9. The van der Waals surface area contributed by atoms with Gasteiger partial charge in [0.25, 0.3) is 0 Å². The van der Waals surface area contributed by atoms with Crippen LogP contribution in [0, 0.1) is 0 Å². The summed E-state index contributed by atoms with van der Waals surface area (Å²) < 4.78 is 5.44. The number of carboxylic acids is 1. The Morgan fingerprint density at radius 3 is 2.06 bits per heavy atom. The monoisotopic (exact) mass is 426 g/mol. The third kappa shape index (κ3) is 5.03. The molecule has 8 nitrogen and oxygen atoms in total. The van der Waals surface area contributed by atoms with Crippen LogP contribution < -0.4 is 10.6 Å². The van der Waals surface area contributed by atoms with E-state index in [2.05, 4.69) is 10.6 Å². The second kappa shape index (κ2) is 10.1. The Labute approximate surface area is 180 Å². The molecular formula is C23H26N2O6. The number of aliphatic hydroxyl groups excluding tert-OH is 1. The second-order valence-corrected chi connectivity index (χ2v) is 7.34. The van der Waals surface area contributed by atoms with E-state index in [1.54, 1.807) is 6.92 Å². The van der Waals surface area contributed by atoms with Crippen LogP contribution >= 0.6 is 0 Å². The Morgan fingerprint density at radius 2 is 1.55 bits per heavy atom. The molecule has 0 saturated carbocycles. The zero-order valence-corrected chi connectivity index (χ0v) is 17.2. The van der Waals surface area contributed by atoms with Gasteiger partial charge in [0, 0.05) is 18.9 Å². The van der Waals surface area contributed by atoms with Crippen molar-refractivity contribution < 1.29 is 29.3 Å². The largest absolute Gasteiger partial charge is 0.480 e. The summed E-state index contributed by atoms with van der Waals surface area (Å²) in [6.07, 6.45) is -0.623. The number of carbonyl (C=O) groups excluding carboxylic acids is 2. The van der Waals surface area contributed by atoms with Crippen molar-refractivity contribution in [2.75, 3.05) is 13.2 Å². The summed E-state index contributed by atoms with van der Waals surface area (Å²) in [5.41, 5.74) is 4.38. The van der Waals surface area contributed by atoms with E-state index in [1.165, 1.54) is 0 Å². The predicted molar refractivity (Wildman–Crippen MR) is 114 cm³/mol. The first-order valence-electron chi connectivity index (χ1n) is 10.2. The molecule has 1 aliphatic carbocycles. The zero-order chi connectivity index (χ0) is 22.4. The number of ether oxygens (including phenoxy) is 1. The Morgan fingerprint density at radius 1 is 0.968 bits per heavy atom. The van der Waals surface area contributed by atoms with Crippen molar-refractivity contribution in [3.05, 3.63) is 59.7 Å². The number of alkyl carbamates (subject to hydrolysis) is 1. The van der Waals surface area contributed by atoms with Crippen LogP contribution in [0.25, 0.3) is 11.1 Å². The Hall–Kier alpha value is -3.39. The third-order valence-corrected chi connectivity index (χ3v) is 5.39. The summed E-state index contributed by atoms with van der Waals surface area (Å²) in [5, 5.41) is 22.9. The summed E-state index contributed by atoms with van der Waals surface area (Å²) >= 11 is 0. The van der Waals surface area contributed by atoms with Crippen molar-refractivity contribution in [2.24, 2.45) is 0 Å². The molecule has 0 spiro atoms. The van der Waals surface area contributed by atoms with Crippen molar-refractivity contribution >= 4 is 18.0 Å². The number of aliphatic hydroxyl groups is 1. The first-order valence-corrected chi connectivity index (χ1v) is 10.2. The van der Waals surface area contributed by atoms with Gasteiger partial charge in [-0.2, -0.15) is 0 Å². The highest BCUT2D eigenvalue weighted by Gasteiger charge is 2.30. The number of rotatable bonds is 9. The van der Waals surface area contributed by atoms with Gasteiger partial charge in [-0.05, 0) is 28.7 Å². The van der Waals surface area contributed by atoms with E-state index in [9.17, 15) is 14.4 Å². The van der Waals surface area contributed by atoms with Crippen molar-refractivity contribution in [1.29, 1.82) is 0 Å². The van der Waals surface area contributed by atoms with Gasteiger partial charge in [-0.1, -0.05) is 55.5 Å². The quantitative estimate of drug-likeness (QED) is 0.487. The summed E-state index contributed by atoms with van der Waals surface area (Å²) in [7, 11) is 0. The van der Waals surface area contributed by atoms with Crippen molar-refractivity contribution in [3.8, 4) is 11.1 Å². The molecule has 3 rings (SSSR count). The van der Waals surface area contributed by atoms with Gasteiger partial charge in [0.2, 0.25) is 5.91 Å². The lowest BCUT2D eigenvalue weighted by Crippen LogP contribution is -2.51. The highest BCUT2D eigenvalue weighted by atomic mass is 16.5. The number of nitrogens with one attached hydrogen (secondary N) is 2. The maximum Gasteiger partial charge on any atom is 0.407 e. The topological polar surface area (TPSA) is 125 Å². The number of aliphatic carboxylic acids is 1. The van der Waals surface area contributed by atoms with Crippen LogP contribution in [0.15, 0.2) is 48.5 Å². The second-order valence-electron chi connectivity index (χ2n) is 7.34. The first kappa shape index (κ1) is 22.3. The molecule has 0 radical (unpaired) electrons. The molecule has 0 unspecified atom stereocenters. The molecule has 1 aliphatic rings. The van der Waals surface area contributed by atoms with Crippen molar-refractivity contribution in [2.45, 2.75) is 37.8 Å². The van der Waals surface area contributed by atoms with Gasteiger partial charge in [0.05, 0.1) is 0 Å². The van der Waals surface area contributed by atoms with E-state index in [1.807, 2.05) is 48.5 Å². The molecule has 0 fully saturated rings. The Kier molecular flexibility index (Phi) is 7.25. The van der Waals surface area contributed by atoms with Crippen LogP contribution in [0.5, 0.6) is 0 Å². The minimum atomic E-state index is -1.25. The van der Waals surface area contributed by atoms with E-state index < -0.39 is 30.1 Å². The average Bonchev–Trinajstić information content (AvgIpc) is 3.09. The average molecular weight is 426 g/mol. The van der Waals surface area contributed by atoms with Gasteiger partial charge in [0.15, 0.2) is 0 Å². The first-order chi connectivity index (χ1) is 15.0. The fraction of sp³-hybridized carbons (Fsp3) is 0.348. The van der Waals surface area contributed by atoms with Crippen LogP contribution in [0.1, 0.15) is 36.8 Å². The Bertz CT molecular complexity index is 915. The molecule has 0 aliphatic heterocycles. The molecule has 0 heterocycles. The minimum absolute atomic E-state index is 0.104. The third-order valence-electron chi connectivity index (χ3n) is 5.39. The standard InChI is InChI=1S/C23H26N2O6/c1-2-19(21(27)24-20(11-12-26)22(28)29)25-23(30)31-13-18-16-9-5-3-7-14(16)15-8-4-6-10-17(15)18/h3-10,18-20,26H,2,11-13H2,1H3,(H,24,27)(H,25,30)(H,28,29)/t19-,20+/m0/s1. The minimum Gasteiger partial charge on any atom is -0.480 e. The fourth-order valence-corrected chi connectivity index (χ4v) is 3.79. The number of carbonyl (C=O) groups is 3. The molecular weight excluding hydrogens is 400 g/mol. The van der Waals surface area contributed by atoms with Crippen LogP contribution in [-0.4, -0.2) is 53.5 Å². The molecule has 2 aromatic carbocycles. The van der Waals surface area contributed by atoms with Gasteiger partial charge >= 0.3 is 12.1 Å². The smallest absolute Gasteiger partial charge is 0.407 e. The maximum absolute atomic E-state index is 12.4. The lowest BCUT2D eigenvalue weighted by Gasteiger charge is -2.20. The van der Waals surface area contributed by atoms with Gasteiger partial charge < -0.3 is 25.6 Å². The molecule has 0 aromatic heterocycles. The molecule has 4 N–H and O–H groups in total. The van der Waals surface area contributed by atoms with Crippen LogP contribution in [0.3, 0.4) is 0 Å². The van der Waals surface area contributed by atoms with Crippen LogP contribution in [0.4, 0.5) is 4.79 Å². The van der Waals surface area contributed by atoms with Crippen molar-refractivity contribution in [3.63, 3.8) is 0 Å². The number of fused-ring (bicyclic) bond motifs is 3. The normalized spacial score (nSPS) is 14.1. The van der Waals surface area contributed by atoms with E-state index in [0.717, 1.165) is 22.3 Å². The van der Waals surface area contributed by atoms with Gasteiger partial charge in [-0.25, -0.2) is 9.59 Å². The lowest BCUT2D eigenvalue weighted by atomic mass is 9.98. The van der Waals surface area contributed by atoms with Gasteiger partial charge in [-0.3, -0.25) is 4.79 Å². The van der Waals surface area contributed by atoms with E-state index in [-0.39, 0.29) is 32.0 Å². The molecule has 0 bridgehead atoms. The SMILES string of the molecule is CC[C@H](NC(=O)OCC1c2ccccc2-c2ccccc21)C(=O)N[C@H](CCO)C(=O)O. The Balaban J connectivity index is 1.62. The summed E-state index contributed by atoms with van der Waals surface area (Å²) in [6, 6.07) is 13.8. The number of hydrogen-bond donors (Lipinski definition) is 4. The molecule has 164 valence electrons.